The summed E-state index contributed by atoms with van der Waals surface area (Å²) in [5, 5.41) is 3.24. The second-order valence-corrected chi connectivity index (χ2v) is 3.52. The van der Waals surface area contributed by atoms with E-state index < -0.39 is 0 Å². The summed E-state index contributed by atoms with van der Waals surface area (Å²) < 4.78 is 10.7. The lowest BCUT2D eigenvalue weighted by Crippen LogP contribution is -2.36. The molecule has 3 aliphatic rings. The summed E-state index contributed by atoms with van der Waals surface area (Å²) in [5.74, 6) is 0. The van der Waals surface area contributed by atoms with Crippen LogP contribution in [0.3, 0.4) is 0 Å². The molecule has 0 spiro atoms. The van der Waals surface area contributed by atoms with Crippen LogP contribution in [-0.4, -0.2) is 30.7 Å². The second kappa shape index (κ2) is 1.95. The van der Waals surface area contributed by atoms with E-state index in [1.165, 1.54) is 0 Å². The molecule has 11 heavy (non-hydrogen) atoms. The molecule has 3 saturated heterocycles. The highest BCUT2D eigenvalue weighted by Gasteiger charge is 2.52. The Morgan fingerprint density at radius 2 is 2.09 bits per heavy atom. The van der Waals surface area contributed by atoms with Gasteiger partial charge in [-0.2, -0.15) is 0 Å². The zero-order chi connectivity index (χ0) is 7.42. The van der Waals surface area contributed by atoms with Crippen molar-refractivity contribution in [1.82, 2.24) is 5.32 Å². The Bertz CT molecular complexity index is 187. The van der Waals surface area contributed by atoms with Crippen molar-refractivity contribution in [3.8, 4) is 0 Å². The summed E-state index contributed by atoms with van der Waals surface area (Å²) >= 11 is 0. The molecule has 62 valence electrons. The summed E-state index contributed by atoms with van der Waals surface area (Å²) in [7, 11) is 0. The van der Waals surface area contributed by atoms with Crippen molar-refractivity contribution in [3.05, 3.63) is 0 Å². The van der Waals surface area contributed by atoms with Crippen molar-refractivity contribution >= 4 is 0 Å². The third-order valence-corrected chi connectivity index (χ3v) is 2.64. The quantitative estimate of drug-likeness (QED) is 0.448. The topological polar surface area (TPSA) is 63.1 Å². The fourth-order valence-corrected chi connectivity index (χ4v) is 1.78. The van der Waals surface area contributed by atoms with E-state index in [9.17, 15) is 0 Å². The summed E-state index contributed by atoms with van der Waals surface area (Å²) in [6.45, 7) is 0. The SMILES string of the molecule is NC1CCC2OC2NC2OC12. The number of hydrogen-bond acceptors (Lipinski definition) is 4. The number of rotatable bonds is 0. The average Bonchev–Trinajstić information content (AvgIpc) is 2.83. The van der Waals surface area contributed by atoms with Crippen LogP contribution in [0.25, 0.3) is 0 Å². The van der Waals surface area contributed by atoms with Gasteiger partial charge >= 0.3 is 0 Å². The number of nitrogens with one attached hydrogen (secondary N) is 1. The summed E-state index contributed by atoms with van der Waals surface area (Å²) in [5.41, 5.74) is 5.85. The van der Waals surface area contributed by atoms with Crippen LogP contribution in [0.1, 0.15) is 12.8 Å². The molecule has 5 atom stereocenters. The number of epoxide rings is 2. The first kappa shape index (κ1) is 6.37. The Balaban J connectivity index is 1.71. The molecule has 0 aromatic rings. The van der Waals surface area contributed by atoms with Gasteiger partial charge in [0, 0.05) is 6.04 Å². The maximum atomic E-state index is 5.85. The van der Waals surface area contributed by atoms with Crippen LogP contribution in [-0.2, 0) is 9.47 Å². The zero-order valence-electron chi connectivity index (χ0n) is 6.19. The lowest BCUT2D eigenvalue weighted by atomic mass is 10.1. The van der Waals surface area contributed by atoms with Gasteiger partial charge < -0.3 is 15.2 Å². The molecule has 0 aromatic heterocycles. The van der Waals surface area contributed by atoms with Gasteiger partial charge in [-0.25, -0.2) is 0 Å². The third kappa shape index (κ3) is 0.980. The highest BCUT2D eigenvalue weighted by Crippen LogP contribution is 2.34. The molecule has 0 saturated carbocycles. The summed E-state index contributed by atoms with van der Waals surface area (Å²) in [6, 6.07) is 0.206. The highest BCUT2D eigenvalue weighted by molar-refractivity contribution is 4.99. The van der Waals surface area contributed by atoms with Gasteiger partial charge in [-0.1, -0.05) is 0 Å². The van der Waals surface area contributed by atoms with Gasteiger partial charge in [-0.15, -0.1) is 0 Å². The molecule has 4 nitrogen and oxygen atoms in total. The monoisotopic (exact) mass is 156 g/mol. The predicted octanol–water partition coefficient (Wildman–Crippen LogP) is -0.853. The van der Waals surface area contributed by atoms with Crippen LogP contribution in [0.15, 0.2) is 0 Å². The molecule has 0 radical (unpaired) electrons. The molecule has 3 heterocycles. The van der Waals surface area contributed by atoms with E-state index in [1.807, 2.05) is 0 Å². The van der Waals surface area contributed by atoms with Gasteiger partial charge in [-0.3, -0.25) is 5.32 Å². The smallest absolute Gasteiger partial charge is 0.138 e. The van der Waals surface area contributed by atoms with E-state index in [2.05, 4.69) is 5.32 Å². The largest absolute Gasteiger partial charge is 0.353 e. The van der Waals surface area contributed by atoms with Gasteiger partial charge in [-0.05, 0) is 12.8 Å². The van der Waals surface area contributed by atoms with E-state index >= 15 is 0 Å². The Labute approximate surface area is 65.0 Å². The van der Waals surface area contributed by atoms with Crippen LogP contribution >= 0.6 is 0 Å². The number of ether oxygens (including phenoxy) is 2. The molecule has 3 N–H and O–H groups in total. The van der Waals surface area contributed by atoms with Crippen LogP contribution in [0.2, 0.25) is 0 Å². The van der Waals surface area contributed by atoms with Gasteiger partial charge in [0.25, 0.3) is 0 Å². The second-order valence-electron chi connectivity index (χ2n) is 3.52. The fraction of sp³-hybridized carbons (Fsp3) is 1.00. The zero-order valence-corrected chi connectivity index (χ0v) is 6.19. The van der Waals surface area contributed by atoms with E-state index in [0.29, 0.717) is 6.10 Å². The predicted molar refractivity (Wildman–Crippen MR) is 37.7 cm³/mol. The Hall–Kier alpha value is -0.160. The minimum Gasteiger partial charge on any atom is -0.353 e. The van der Waals surface area contributed by atoms with E-state index in [0.717, 1.165) is 12.8 Å². The third-order valence-electron chi connectivity index (χ3n) is 2.64. The Kier molecular flexibility index (Phi) is 1.13. The van der Waals surface area contributed by atoms with Crippen molar-refractivity contribution < 1.29 is 9.47 Å². The van der Waals surface area contributed by atoms with Gasteiger partial charge in [0.2, 0.25) is 0 Å². The number of fused-ring (bicyclic) bond motifs is 2. The van der Waals surface area contributed by atoms with Crippen LogP contribution < -0.4 is 11.1 Å². The molecule has 5 unspecified atom stereocenters. The minimum atomic E-state index is 0.181. The molecule has 0 aliphatic carbocycles. The molecule has 0 bridgehead atoms. The number of hydrogen-bond donors (Lipinski definition) is 2. The number of nitrogens with two attached hydrogens (primary N) is 1. The normalized spacial score (nSPS) is 60.3. The van der Waals surface area contributed by atoms with Gasteiger partial charge in [0.1, 0.15) is 18.6 Å². The van der Waals surface area contributed by atoms with Gasteiger partial charge in [0.15, 0.2) is 0 Å². The standard InChI is InChI=1S/C7H12N2O2/c8-3-1-2-4-6(10-4)9-7-5(3)11-7/h3-7,9H,1-2,8H2. The van der Waals surface area contributed by atoms with Crippen molar-refractivity contribution in [2.75, 3.05) is 0 Å². The molecular weight excluding hydrogens is 144 g/mol. The first-order valence-electron chi connectivity index (χ1n) is 4.17. The van der Waals surface area contributed by atoms with Crippen LogP contribution in [0, 0.1) is 0 Å². The van der Waals surface area contributed by atoms with Gasteiger partial charge in [0.05, 0.1) is 6.10 Å². The summed E-state index contributed by atoms with van der Waals surface area (Å²) in [6.07, 6.45) is 3.21. The van der Waals surface area contributed by atoms with E-state index in [-0.39, 0.29) is 24.6 Å². The molecular formula is C7H12N2O2. The van der Waals surface area contributed by atoms with E-state index in [1.54, 1.807) is 0 Å². The molecule has 3 rings (SSSR count). The van der Waals surface area contributed by atoms with Crippen molar-refractivity contribution in [2.24, 2.45) is 5.73 Å². The molecule has 0 amide bonds. The van der Waals surface area contributed by atoms with Crippen LogP contribution in [0.4, 0.5) is 0 Å². The Morgan fingerprint density at radius 3 is 3.00 bits per heavy atom. The summed E-state index contributed by atoms with van der Waals surface area (Å²) in [4.78, 5) is 0. The van der Waals surface area contributed by atoms with Crippen LogP contribution in [0.5, 0.6) is 0 Å². The average molecular weight is 156 g/mol. The van der Waals surface area contributed by atoms with Crippen molar-refractivity contribution in [1.29, 1.82) is 0 Å². The first-order valence-corrected chi connectivity index (χ1v) is 4.17. The first-order chi connectivity index (χ1) is 5.34. The Morgan fingerprint density at radius 1 is 1.18 bits per heavy atom. The molecule has 4 heteroatoms. The lowest BCUT2D eigenvalue weighted by Gasteiger charge is -2.08. The highest BCUT2D eigenvalue weighted by atomic mass is 16.6. The minimum absolute atomic E-state index is 0.181. The van der Waals surface area contributed by atoms with Crippen molar-refractivity contribution in [2.45, 2.75) is 43.5 Å². The fourth-order valence-electron chi connectivity index (χ4n) is 1.78. The molecule has 0 aromatic carbocycles. The lowest BCUT2D eigenvalue weighted by molar-refractivity contribution is 0.279. The maximum absolute atomic E-state index is 5.85. The van der Waals surface area contributed by atoms with Crippen molar-refractivity contribution in [3.63, 3.8) is 0 Å². The van der Waals surface area contributed by atoms with E-state index in [4.69, 9.17) is 15.2 Å². The molecule has 3 aliphatic heterocycles. The maximum Gasteiger partial charge on any atom is 0.138 e. The molecule has 3 fully saturated rings.